The molecular weight excluding hydrogens is 209 g/mol. The first-order chi connectivity index (χ1) is 6.83. The number of halogens is 3. The molecule has 1 aliphatic rings. The number of hydrogen-bond donors (Lipinski definition) is 2. The van der Waals surface area contributed by atoms with Crippen molar-refractivity contribution >= 4 is 5.91 Å². The molecule has 0 saturated heterocycles. The quantitative estimate of drug-likeness (QED) is 0.759. The standard InChI is InChI=1S/C9H15F3N2O/c10-9(11,12)5-6-14-7(15)8(13)3-1-2-4-8/h1-6,13H2,(H,14,15). The van der Waals surface area contributed by atoms with E-state index < -0.39 is 24.0 Å². The van der Waals surface area contributed by atoms with Crippen LogP contribution in [0, 0.1) is 0 Å². The summed E-state index contributed by atoms with van der Waals surface area (Å²) in [4.78, 5) is 11.4. The summed E-state index contributed by atoms with van der Waals surface area (Å²) in [5, 5.41) is 2.24. The lowest BCUT2D eigenvalue weighted by atomic mass is 9.98. The third-order valence-electron chi connectivity index (χ3n) is 2.64. The average Bonchev–Trinajstić information content (AvgIpc) is 2.51. The summed E-state index contributed by atoms with van der Waals surface area (Å²) in [5.74, 6) is -0.454. The van der Waals surface area contributed by atoms with Crippen LogP contribution in [0.25, 0.3) is 0 Å². The maximum Gasteiger partial charge on any atom is 0.390 e. The van der Waals surface area contributed by atoms with Crippen LogP contribution in [0.5, 0.6) is 0 Å². The van der Waals surface area contributed by atoms with Crippen molar-refractivity contribution in [1.29, 1.82) is 0 Å². The van der Waals surface area contributed by atoms with E-state index in [1.807, 2.05) is 0 Å². The van der Waals surface area contributed by atoms with Crippen LogP contribution in [0.15, 0.2) is 0 Å². The molecule has 1 fully saturated rings. The molecule has 0 heterocycles. The Morgan fingerprint density at radius 1 is 1.33 bits per heavy atom. The smallest absolute Gasteiger partial charge is 0.354 e. The maximum absolute atomic E-state index is 11.8. The van der Waals surface area contributed by atoms with Crippen LogP contribution in [0.1, 0.15) is 32.1 Å². The van der Waals surface area contributed by atoms with E-state index in [1.165, 1.54) is 0 Å². The first-order valence-corrected chi connectivity index (χ1v) is 4.97. The second kappa shape index (κ2) is 4.38. The van der Waals surface area contributed by atoms with Gasteiger partial charge >= 0.3 is 6.18 Å². The minimum Gasteiger partial charge on any atom is -0.354 e. The molecule has 0 atom stereocenters. The van der Waals surface area contributed by atoms with Gasteiger partial charge in [-0.15, -0.1) is 0 Å². The highest BCUT2D eigenvalue weighted by Gasteiger charge is 2.37. The molecule has 1 saturated carbocycles. The fraction of sp³-hybridized carbons (Fsp3) is 0.889. The minimum absolute atomic E-state index is 0.388. The molecule has 0 spiro atoms. The Balaban J connectivity index is 2.30. The fourth-order valence-electron chi connectivity index (χ4n) is 1.73. The molecule has 88 valence electrons. The number of rotatable bonds is 3. The highest BCUT2D eigenvalue weighted by Crippen LogP contribution is 2.27. The molecule has 0 radical (unpaired) electrons. The zero-order valence-electron chi connectivity index (χ0n) is 8.36. The zero-order valence-corrected chi connectivity index (χ0v) is 8.36. The Morgan fingerprint density at radius 3 is 2.33 bits per heavy atom. The number of carbonyl (C=O) groups is 1. The number of alkyl halides is 3. The first kappa shape index (κ1) is 12.3. The molecule has 3 N–H and O–H groups in total. The SMILES string of the molecule is NC1(C(=O)NCCC(F)(F)F)CCCC1. The van der Waals surface area contributed by atoms with Gasteiger partial charge in [0, 0.05) is 6.54 Å². The van der Waals surface area contributed by atoms with Crippen LogP contribution in [0.2, 0.25) is 0 Å². The predicted molar refractivity (Wildman–Crippen MR) is 49.1 cm³/mol. The number of amides is 1. The molecule has 1 amide bonds. The first-order valence-electron chi connectivity index (χ1n) is 4.97. The lowest BCUT2D eigenvalue weighted by Gasteiger charge is -2.22. The van der Waals surface area contributed by atoms with Crippen molar-refractivity contribution in [3.63, 3.8) is 0 Å². The van der Waals surface area contributed by atoms with Crippen molar-refractivity contribution in [2.75, 3.05) is 6.54 Å². The van der Waals surface area contributed by atoms with Crippen LogP contribution < -0.4 is 11.1 Å². The summed E-state index contributed by atoms with van der Waals surface area (Å²) in [6.07, 6.45) is -2.39. The van der Waals surface area contributed by atoms with Gasteiger partial charge in [-0.2, -0.15) is 13.2 Å². The van der Waals surface area contributed by atoms with E-state index in [0.717, 1.165) is 12.8 Å². The van der Waals surface area contributed by atoms with Crippen LogP contribution in [-0.2, 0) is 4.79 Å². The van der Waals surface area contributed by atoms with Crippen molar-refractivity contribution in [1.82, 2.24) is 5.32 Å². The highest BCUT2D eigenvalue weighted by atomic mass is 19.4. The van der Waals surface area contributed by atoms with Gasteiger partial charge in [-0.05, 0) is 12.8 Å². The largest absolute Gasteiger partial charge is 0.390 e. The number of carbonyl (C=O) groups excluding carboxylic acids is 1. The van der Waals surface area contributed by atoms with Crippen molar-refractivity contribution in [2.24, 2.45) is 5.73 Å². The molecule has 1 rings (SSSR count). The van der Waals surface area contributed by atoms with Gasteiger partial charge in [0.15, 0.2) is 0 Å². The molecule has 0 aliphatic heterocycles. The molecule has 15 heavy (non-hydrogen) atoms. The second-order valence-corrected chi connectivity index (χ2v) is 3.98. The Bertz CT molecular complexity index is 234. The molecule has 0 aromatic heterocycles. The molecular formula is C9H15F3N2O. The molecule has 6 heteroatoms. The van der Waals surface area contributed by atoms with E-state index in [-0.39, 0.29) is 6.54 Å². The molecule has 0 aromatic carbocycles. The average molecular weight is 224 g/mol. The van der Waals surface area contributed by atoms with Crippen molar-refractivity contribution in [3.05, 3.63) is 0 Å². The number of hydrogen-bond acceptors (Lipinski definition) is 2. The minimum atomic E-state index is -4.23. The number of nitrogens with one attached hydrogen (secondary N) is 1. The van der Waals surface area contributed by atoms with Crippen LogP contribution in [-0.4, -0.2) is 24.2 Å². The topological polar surface area (TPSA) is 55.1 Å². The third-order valence-corrected chi connectivity index (χ3v) is 2.64. The van der Waals surface area contributed by atoms with Gasteiger partial charge in [0.2, 0.25) is 5.91 Å². The summed E-state index contributed by atoms with van der Waals surface area (Å²) in [7, 11) is 0. The predicted octanol–water partition coefficient (Wildman–Crippen LogP) is 1.33. The van der Waals surface area contributed by atoms with Gasteiger partial charge < -0.3 is 11.1 Å². The fourth-order valence-corrected chi connectivity index (χ4v) is 1.73. The molecule has 0 unspecified atom stereocenters. The zero-order chi connectivity index (χ0) is 11.5. The van der Waals surface area contributed by atoms with E-state index in [0.29, 0.717) is 12.8 Å². The van der Waals surface area contributed by atoms with Crippen LogP contribution >= 0.6 is 0 Å². The van der Waals surface area contributed by atoms with Gasteiger partial charge in [-0.3, -0.25) is 4.79 Å². The normalized spacial score (nSPS) is 20.3. The lowest BCUT2D eigenvalue weighted by molar-refractivity contribution is -0.136. The van der Waals surface area contributed by atoms with Crippen LogP contribution in [0.3, 0.4) is 0 Å². The van der Waals surface area contributed by atoms with Crippen LogP contribution in [0.4, 0.5) is 13.2 Å². The molecule has 1 aliphatic carbocycles. The summed E-state index contributed by atoms with van der Waals surface area (Å²) in [5.41, 5.74) is 4.82. The summed E-state index contributed by atoms with van der Waals surface area (Å²) in [6.45, 7) is -0.388. The Hall–Kier alpha value is -0.780. The highest BCUT2D eigenvalue weighted by molar-refractivity contribution is 5.86. The Kier molecular flexibility index (Phi) is 3.59. The van der Waals surface area contributed by atoms with E-state index in [4.69, 9.17) is 5.73 Å². The van der Waals surface area contributed by atoms with E-state index in [2.05, 4.69) is 5.32 Å². The molecule has 0 bridgehead atoms. The lowest BCUT2D eigenvalue weighted by Crippen LogP contribution is -2.52. The maximum atomic E-state index is 11.8. The monoisotopic (exact) mass is 224 g/mol. The summed E-state index contributed by atoms with van der Waals surface area (Å²) >= 11 is 0. The molecule has 3 nitrogen and oxygen atoms in total. The second-order valence-electron chi connectivity index (χ2n) is 3.98. The van der Waals surface area contributed by atoms with E-state index in [1.54, 1.807) is 0 Å². The van der Waals surface area contributed by atoms with Gasteiger partial charge in [-0.1, -0.05) is 12.8 Å². The summed E-state index contributed by atoms with van der Waals surface area (Å²) < 4.78 is 35.4. The van der Waals surface area contributed by atoms with Gasteiger partial charge in [0.25, 0.3) is 0 Å². The molecule has 0 aromatic rings. The van der Waals surface area contributed by atoms with E-state index >= 15 is 0 Å². The Morgan fingerprint density at radius 2 is 1.87 bits per heavy atom. The van der Waals surface area contributed by atoms with Gasteiger partial charge in [0.05, 0.1) is 12.0 Å². The van der Waals surface area contributed by atoms with E-state index in [9.17, 15) is 18.0 Å². The van der Waals surface area contributed by atoms with Crippen molar-refractivity contribution in [2.45, 2.75) is 43.8 Å². The van der Waals surface area contributed by atoms with Gasteiger partial charge in [0.1, 0.15) is 0 Å². The third kappa shape index (κ3) is 3.70. The number of nitrogens with two attached hydrogens (primary N) is 1. The van der Waals surface area contributed by atoms with Crippen molar-refractivity contribution < 1.29 is 18.0 Å². The Labute approximate surface area is 86.2 Å². The summed E-state index contributed by atoms with van der Waals surface area (Å²) in [6, 6.07) is 0. The van der Waals surface area contributed by atoms with Gasteiger partial charge in [-0.25, -0.2) is 0 Å². The van der Waals surface area contributed by atoms with Crippen molar-refractivity contribution in [3.8, 4) is 0 Å².